The van der Waals surface area contributed by atoms with E-state index in [2.05, 4.69) is 18.0 Å². The molecule has 1 aromatic rings. The summed E-state index contributed by atoms with van der Waals surface area (Å²) in [4.78, 5) is 28.2. The Morgan fingerprint density at radius 1 is 1.35 bits per heavy atom. The van der Waals surface area contributed by atoms with Crippen LogP contribution in [0.1, 0.15) is 31.2 Å². The normalized spacial score (nSPS) is 19.1. The van der Waals surface area contributed by atoms with Crippen LogP contribution >= 0.6 is 0 Å². The molecular formula is C20H24N4O2. The fraction of sp³-hybridized carbons (Fsp3) is 0.450. The van der Waals surface area contributed by atoms with Crippen molar-refractivity contribution < 1.29 is 9.59 Å². The largest absolute Gasteiger partial charge is 0.338 e. The standard InChI is InChI=1S/C20H24N4O2/c1-2-10-24-15-20(7-6-18(24)25)8-11-23(12-9-20)19(26)22-17-5-3-4-16(13-17)14-21/h2-5,13H,1,6-12,15H2,(H,22,26). The topological polar surface area (TPSA) is 76.4 Å². The summed E-state index contributed by atoms with van der Waals surface area (Å²) >= 11 is 0. The molecule has 0 aromatic heterocycles. The Kier molecular flexibility index (Phi) is 5.27. The van der Waals surface area contributed by atoms with Crippen LogP contribution in [-0.2, 0) is 4.79 Å². The number of urea groups is 1. The third-order valence-corrected chi connectivity index (χ3v) is 5.45. The smallest absolute Gasteiger partial charge is 0.321 e. The van der Waals surface area contributed by atoms with E-state index in [1.165, 1.54) is 0 Å². The summed E-state index contributed by atoms with van der Waals surface area (Å²) in [5.74, 6) is 0.202. The summed E-state index contributed by atoms with van der Waals surface area (Å²) in [7, 11) is 0. The van der Waals surface area contributed by atoms with Gasteiger partial charge in [-0.25, -0.2) is 4.79 Å². The van der Waals surface area contributed by atoms with Crippen LogP contribution in [-0.4, -0.2) is 47.9 Å². The number of piperidine rings is 2. The van der Waals surface area contributed by atoms with Gasteiger partial charge in [0.2, 0.25) is 5.91 Å². The van der Waals surface area contributed by atoms with Gasteiger partial charge in [0, 0.05) is 38.3 Å². The maximum atomic E-state index is 12.5. The molecule has 2 aliphatic rings. The lowest BCUT2D eigenvalue weighted by Gasteiger charge is -2.47. The van der Waals surface area contributed by atoms with E-state index in [0.29, 0.717) is 37.3 Å². The lowest BCUT2D eigenvalue weighted by molar-refractivity contribution is -0.138. The van der Waals surface area contributed by atoms with Crippen LogP contribution < -0.4 is 5.32 Å². The molecule has 2 saturated heterocycles. The highest BCUT2D eigenvalue weighted by atomic mass is 16.2. The predicted molar refractivity (Wildman–Crippen MR) is 99.4 cm³/mol. The second kappa shape index (κ2) is 7.61. The van der Waals surface area contributed by atoms with Crippen LogP contribution in [0.3, 0.4) is 0 Å². The number of carbonyl (C=O) groups is 2. The average molecular weight is 352 g/mol. The zero-order valence-corrected chi connectivity index (χ0v) is 14.9. The maximum Gasteiger partial charge on any atom is 0.321 e. The van der Waals surface area contributed by atoms with Crippen LogP contribution in [0.2, 0.25) is 0 Å². The Labute approximate surface area is 154 Å². The first kappa shape index (κ1) is 18.0. The zero-order valence-electron chi connectivity index (χ0n) is 14.9. The molecule has 26 heavy (non-hydrogen) atoms. The molecule has 0 bridgehead atoms. The number of likely N-dealkylation sites (tertiary alicyclic amines) is 2. The van der Waals surface area contributed by atoms with Crippen molar-refractivity contribution in [3.8, 4) is 6.07 Å². The average Bonchev–Trinajstić information content (AvgIpc) is 2.66. The van der Waals surface area contributed by atoms with Crippen molar-refractivity contribution in [1.82, 2.24) is 9.80 Å². The molecule has 2 aliphatic heterocycles. The molecule has 0 unspecified atom stereocenters. The number of nitriles is 1. The van der Waals surface area contributed by atoms with E-state index in [9.17, 15) is 9.59 Å². The molecule has 0 radical (unpaired) electrons. The molecule has 6 heteroatoms. The molecule has 1 N–H and O–H groups in total. The van der Waals surface area contributed by atoms with Gasteiger partial charge in [-0.05, 0) is 42.9 Å². The SMILES string of the molecule is C=CCN1CC2(CCC1=O)CCN(C(=O)Nc1cccc(C#N)c1)CC2. The lowest BCUT2D eigenvalue weighted by Crippen LogP contribution is -2.52. The molecule has 3 rings (SSSR count). The molecule has 1 aromatic carbocycles. The van der Waals surface area contributed by atoms with Gasteiger partial charge in [-0.3, -0.25) is 4.79 Å². The third-order valence-electron chi connectivity index (χ3n) is 5.45. The summed E-state index contributed by atoms with van der Waals surface area (Å²) in [6.07, 6.45) is 5.06. The van der Waals surface area contributed by atoms with Crippen molar-refractivity contribution in [2.24, 2.45) is 5.41 Å². The monoisotopic (exact) mass is 352 g/mol. The van der Waals surface area contributed by atoms with E-state index in [0.717, 1.165) is 25.8 Å². The van der Waals surface area contributed by atoms with Crippen molar-refractivity contribution in [2.45, 2.75) is 25.7 Å². The van der Waals surface area contributed by atoms with Crippen molar-refractivity contribution in [1.29, 1.82) is 5.26 Å². The minimum absolute atomic E-state index is 0.119. The Balaban J connectivity index is 1.57. The lowest BCUT2D eigenvalue weighted by atomic mass is 9.72. The van der Waals surface area contributed by atoms with Gasteiger partial charge < -0.3 is 15.1 Å². The number of hydrogen-bond acceptors (Lipinski definition) is 3. The highest BCUT2D eigenvalue weighted by molar-refractivity contribution is 5.89. The molecule has 0 aliphatic carbocycles. The summed E-state index contributed by atoms with van der Waals surface area (Å²) in [6, 6.07) is 8.85. The number of nitrogens with zero attached hydrogens (tertiary/aromatic N) is 3. The molecule has 2 heterocycles. The highest BCUT2D eigenvalue weighted by Gasteiger charge is 2.41. The first-order valence-corrected chi connectivity index (χ1v) is 9.00. The van der Waals surface area contributed by atoms with Crippen LogP contribution in [0, 0.1) is 16.7 Å². The number of amides is 3. The second-order valence-electron chi connectivity index (χ2n) is 7.17. The number of anilines is 1. The minimum Gasteiger partial charge on any atom is -0.338 e. The van der Waals surface area contributed by atoms with Gasteiger partial charge in [0.05, 0.1) is 11.6 Å². The summed E-state index contributed by atoms with van der Waals surface area (Å²) in [5.41, 5.74) is 1.28. The Hall–Kier alpha value is -2.81. The summed E-state index contributed by atoms with van der Waals surface area (Å²) < 4.78 is 0. The van der Waals surface area contributed by atoms with Gasteiger partial charge in [0.1, 0.15) is 0 Å². The van der Waals surface area contributed by atoms with Crippen LogP contribution in [0.15, 0.2) is 36.9 Å². The first-order valence-electron chi connectivity index (χ1n) is 9.00. The minimum atomic E-state index is -0.134. The van der Waals surface area contributed by atoms with Gasteiger partial charge in [-0.1, -0.05) is 12.1 Å². The van der Waals surface area contributed by atoms with Crippen molar-refractivity contribution in [3.63, 3.8) is 0 Å². The summed E-state index contributed by atoms with van der Waals surface area (Å²) in [6.45, 7) is 6.45. The first-order chi connectivity index (χ1) is 12.5. The number of benzene rings is 1. The van der Waals surface area contributed by atoms with E-state index in [1.54, 1.807) is 30.3 Å². The van der Waals surface area contributed by atoms with Gasteiger partial charge in [0.25, 0.3) is 0 Å². The number of carbonyl (C=O) groups excluding carboxylic acids is 2. The molecular weight excluding hydrogens is 328 g/mol. The van der Waals surface area contributed by atoms with Crippen molar-refractivity contribution >= 4 is 17.6 Å². The number of nitrogens with one attached hydrogen (secondary N) is 1. The molecule has 3 amide bonds. The van der Waals surface area contributed by atoms with Crippen LogP contribution in [0.5, 0.6) is 0 Å². The maximum absolute atomic E-state index is 12.5. The van der Waals surface area contributed by atoms with E-state index in [4.69, 9.17) is 5.26 Å². The van der Waals surface area contributed by atoms with Gasteiger partial charge in [-0.2, -0.15) is 5.26 Å². The van der Waals surface area contributed by atoms with E-state index >= 15 is 0 Å². The van der Waals surface area contributed by atoms with Gasteiger partial charge in [0.15, 0.2) is 0 Å². The van der Waals surface area contributed by atoms with E-state index < -0.39 is 0 Å². The van der Waals surface area contributed by atoms with Crippen LogP contribution in [0.4, 0.5) is 10.5 Å². The molecule has 6 nitrogen and oxygen atoms in total. The highest BCUT2D eigenvalue weighted by Crippen LogP contribution is 2.40. The molecule has 136 valence electrons. The Morgan fingerprint density at radius 3 is 2.81 bits per heavy atom. The molecule has 1 spiro atoms. The molecule has 0 atom stereocenters. The van der Waals surface area contributed by atoms with Gasteiger partial charge in [-0.15, -0.1) is 6.58 Å². The summed E-state index contributed by atoms with van der Waals surface area (Å²) in [5, 5.41) is 11.8. The van der Waals surface area contributed by atoms with Crippen LogP contribution in [0.25, 0.3) is 0 Å². The van der Waals surface area contributed by atoms with E-state index in [1.807, 2.05) is 9.80 Å². The fourth-order valence-electron chi connectivity index (χ4n) is 3.89. The van der Waals surface area contributed by atoms with Gasteiger partial charge >= 0.3 is 6.03 Å². The zero-order chi connectivity index (χ0) is 18.6. The molecule has 2 fully saturated rings. The van der Waals surface area contributed by atoms with E-state index in [-0.39, 0.29) is 17.4 Å². The Bertz CT molecular complexity index is 744. The van der Waals surface area contributed by atoms with Crippen molar-refractivity contribution in [3.05, 3.63) is 42.5 Å². The van der Waals surface area contributed by atoms with Crippen molar-refractivity contribution in [2.75, 3.05) is 31.5 Å². The fourth-order valence-corrected chi connectivity index (χ4v) is 3.89. The number of hydrogen-bond donors (Lipinski definition) is 1. The Morgan fingerprint density at radius 2 is 2.12 bits per heavy atom. The second-order valence-corrected chi connectivity index (χ2v) is 7.17. The quantitative estimate of drug-likeness (QED) is 0.850. The molecule has 0 saturated carbocycles. The third kappa shape index (κ3) is 3.88. The number of rotatable bonds is 3. The predicted octanol–water partition coefficient (Wildman–Crippen LogP) is 2.98.